The molecule has 0 fully saturated rings. The van der Waals surface area contributed by atoms with Crippen molar-refractivity contribution < 1.29 is 34.6 Å². The monoisotopic (exact) mass is 404 g/mol. The van der Waals surface area contributed by atoms with E-state index in [2.05, 4.69) is 26.6 Å². The Morgan fingerprint density at radius 2 is 1.72 bits per heavy atom. The van der Waals surface area contributed by atoms with Crippen LogP contribution in [-0.2, 0) is 14.3 Å². The van der Waals surface area contributed by atoms with E-state index in [9.17, 15) is 30.4 Å². The van der Waals surface area contributed by atoms with Gasteiger partial charge in [-0.1, -0.05) is 17.7 Å². The van der Waals surface area contributed by atoms with Crippen molar-refractivity contribution in [1.29, 1.82) is 0 Å². The largest absolute Gasteiger partial charge is 0.453 e. The van der Waals surface area contributed by atoms with Gasteiger partial charge < -0.3 is 4.18 Å². The van der Waals surface area contributed by atoms with E-state index in [4.69, 9.17) is 0 Å². The zero-order chi connectivity index (χ0) is 19.3. The average molecular weight is 404 g/mol. The van der Waals surface area contributed by atoms with Gasteiger partial charge in [0, 0.05) is 6.42 Å². The molecule has 0 amide bonds. The zero-order valence-corrected chi connectivity index (χ0v) is 14.4. The van der Waals surface area contributed by atoms with Gasteiger partial charge in [-0.15, -0.1) is 5.11 Å². The van der Waals surface area contributed by atoms with Crippen LogP contribution in [0.1, 0.15) is 18.4 Å². The molecule has 0 heterocycles. The summed E-state index contributed by atoms with van der Waals surface area (Å²) >= 11 is 4.52. The van der Waals surface area contributed by atoms with Crippen molar-refractivity contribution in [3.05, 3.63) is 29.8 Å². The van der Waals surface area contributed by atoms with E-state index in [1.807, 2.05) is 0 Å². The lowest BCUT2D eigenvalue weighted by atomic mass is 10.2. The van der Waals surface area contributed by atoms with Crippen LogP contribution in [0.3, 0.4) is 0 Å². The Bertz CT molecular complexity index is 731. The third kappa shape index (κ3) is 6.61. The zero-order valence-electron chi connectivity index (χ0n) is 12.8. The van der Waals surface area contributed by atoms with Crippen molar-refractivity contribution >= 4 is 27.5 Å². The maximum Gasteiger partial charge on any atom is 0.453 e. The summed E-state index contributed by atoms with van der Waals surface area (Å²) in [5.74, 6) is -4.83. The van der Waals surface area contributed by atoms with Crippen LogP contribution in [0, 0.1) is 6.92 Å². The fraction of sp³-hybridized carbons (Fsp3) is 0.462. The van der Waals surface area contributed by atoms with E-state index in [1.165, 1.54) is 24.3 Å². The summed E-state index contributed by atoms with van der Waals surface area (Å²) in [5.41, 5.74) is 0.817. The fourth-order valence-electron chi connectivity index (χ4n) is 1.48. The topological polar surface area (TPSA) is 68.1 Å². The van der Waals surface area contributed by atoms with Gasteiger partial charge >= 0.3 is 27.4 Å². The van der Waals surface area contributed by atoms with E-state index in [-0.39, 0.29) is 4.90 Å². The van der Waals surface area contributed by atoms with Crippen molar-refractivity contribution in [2.45, 2.75) is 36.8 Å². The molecular formula is C13H13F5N2O3S2. The summed E-state index contributed by atoms with van der Waals surface area (Å²) < 4.78 is 89.2. The van der Waals surface area contributed by atoms with Gasteiger partial charge in [0.05, 0.1) is 6.54 Å². The van der Waals surface area contributed by atoms with Crippen LogP contribution in [-0.4, -0.2) is 32.2 Å². The van der Waals surface area contributed by atoms with Crippen molar-refractivity contribution in [2.24, 2.45) is 10.2 Å². The van der Waals surface area contributed by atoms with Gasteiger partial charge in [0.1, 0.15) is 4.90 Å². The second-order valence-corrected chi connectivity index (χ2v) is 6.78. The van der Waals surface area contributed by atoms with Gasteiger partial charge in [0.15, 0.2) is 0 Å². The highest BCUT2D eigenvalue weighted by molar-refractivity contribution is 7.88. The van der Waals surface area contributed by atoms with Crippen LogP contribution in [0.25, 0.3) is 0 Å². The van der Waals surface area contributed by atoms with Crippen LogP contribution >= 0.6 is 12.2 Å². The van der Waals surface area contributed by atoms with Crippen molar-refractivity contribution in [1.82, 2.24) is 0 Å². The van der Waals surface area contributed by atoms with E-state index in [1.54, 1.807) is 6.92 Å². The molecule has 0 aliphatic carbocycles. The number of rotatable bonds is 6. The first kappa shape index (κ1) is 21.4. The van der Waals surface area contributed by atoms with Crippen molar-refractivity contribution in [2.75, 3.05) is 6.54 Å². The Morgan fingerprint density at radius 1 is 1.16 bits per heavy atom. The minimum Gasteiger partial charge on any atom is -0.345 e. The number of halogens is 5. The predicted molar refractivity (Wildman–Crippen MR) is 82.0 cm³/mol. The Labute approximate surface area is 146 Å². The molecule has 0 bridgehead atoms. The lowest BCUT2D eigenvalue weighted by Gasteiger charge is -2.18. The van der Waals surface area contributed by atoms with Gasteiger partial charge in [-0.2, -0.15) is 35.5 Å². The molecule has 0 aromatic heterocycles. The summed E-state index contributed by atoms with van der Waals surface area (Å²) in [4.78, 5) is -0.180. The molecule has 1 rings (SSSR count). The molecule has 0 radical (unpaired) electrons. The van der Waals surface area contributed by atoms with E-state index in [0.717, 1.165) is 5.56 Å². The van der Waals surface area contributed by atoms with Crippen molar-refractivity contribution in [3.63, 3.8) is 0 Å². The molecular weight excluding hydrogens is 391 g/mol. The summed E-state index contributed by atoms with van der Waals surface area (Å²) in [5, 5.41) is 5.60. The average Bonchev–Trinajstić information content (AvgIpc) is 2.45. The van der Waals surface area contributed by atoms with Gasteiger partial charge in [0.25, 0.3) is 0 Å². The molecule has 1 aromatic rings. The Kier molecular flexibility index (Phi) is 6.94. The van der Waals surface area contributed by atoms with Crippen LogP contribution in [0.2, 0.25) is 0 Å². The number of hydrogen-bond donors (Lipinski definition) is 0. The van der Waals surface area contributed by atoms with Gasteiger partial charge in [-0.3, -0.25) is 0 Å². The molecule has 0 atom stereocenters. The SMILES string of the molecule is Cc1ccc(S(=O)(=O)OC(=S)N=NCCCC(F)(F)C(F)(F)F)cc1. The minimum absolute atomic E-state index is 0.180. The Balaban J connectivity index is 2.51. The summed E-state index contributed by atoms with van der Waals surface area (Å²) in [6.45, 7) is 1.25. The van der Waals surface area contributed by atoms with Crippen LogP contribution in [0.4, 0.5) is 22.0 Å². The molecule has 0 aliphatic rings. The minimum atomic E-state index is -5.63. The van der Waals surface area contributed by atoms with Crippen LogP contribution < -0.4 is 0 Å². The third-order valence-corrected chi connectivity index (χ3v) is 4.30. The molecule has 25 heavy (non-hydrogen) atoms. The number of benzene rings is 1. The highest BCUT2D eigenvalue weighted by atomic mass is 32.2. The number of aryl methyl sites for hydroxylation is 1. The molecule has 0 saturated carbocycles. The lowest BCUT2D eigenvalue weighted by Crippen LogP contribution is -2.36. The number of alkyl halides is 5. The first-order chi connectivity index (χ1) is 11.3. The molecule has 0 saturated heterocycles. The van der Waals surface area contributed by atoms with Gasteiger partial charge in [0.2, 0.25) is 0 Å². The summed E-state index contributed by atoms with van der Waals surface area (Å²) in [6, 6.07) is 5.62. The molecule has 0 aliphatic heterocycles. The normalized spacial score (nSPS) is 13.2. The molecule has 5 nitrogen and oxygen atoms in total. The van der Waals surface area contributed by atoms with Crippen LogP contribution in [0.15, 0.2) is 39.4 Å². The quantitative estimate of drug-likeness (QED) is 0.232. The van der Waals surface area contributed by atoms with Crippen LogP contribution in [0.5, 0.6) is 0 Å². The highest BCUT2D eigenvalue weighted by Gasteiger charge is 2.56. The summed E-state index contributed by atoms with van der Waals surface area (Å²) in [6.07, 6.45) is -7.72. The Hall–Kier alpha value is -1.69. The fourth-order valence-corrected chi connectivity index (χ4v) is 2.60. The lowest BCUT2D eigenvalue weighted by molar-refractivity contribution is -0.284. The van der Waals surface area contributed by atoms with Gasteiger partial charge in [-0.25, -0.2) is 0 Å². The number of thiocarbonyl (C=S) groups is 1. The second-order valence-electron chi connectivity index (χ2n) is 4.89. The predicted octanol–water partition coefficient (Wildman–Crippen LogP) is 4.42. The van der Waals surface area contributed by atoms with E-state index < -0.39 is 46.8 Å². The highest BCUT2D eigenvalue weighted by Crippen LogP contribution is 2.38. The second kappa shape index (κ2) is 8.13. The van der Waals surface area contributed by atoms with Crippen molar-refractivity contribution in [3.8, 4) is 0 Å². The first-order valence-electron chi connectivity index (χ1n) is 6.72. The molecule has 1 aromatic carbocycles. The standard InChI is InChI=1S/C13H13F5N2O3S2/c1-9-3-5-10(6-4-9)25(21,22)23-11(24)20-19-8-2-7-12(14,15)13(16,17)18/h3-6H,2,7-8H2,1H3. The summed E-state index contributed by atoms with van der Waals surface area (Å²) in [7, 11) is -4.23. The van der Waals surface area contributed by atoms with E-state index in [0.29, 0.717) is 0 Å². The number of nitrogens with zero attached hydrogens (tertiary/aromatic N) is 2. The smallest absolute Gasteiger partial charge is 0.345 e. The molecule has 140 valence electrons. The maximum absolute atomic E-state index is 12.6. The molecule has 0 unspecified atom stereocenters. The molecule has 0 spiro atoms. The molecule has 0 N–H and O–H groups in total. The first-order valence-corrected chi connectivity index (χ1v) is 8.54. The molecule has 12 heteroatoms. The third-order valence-electron chi connectivity index (χ3n) is 2.81. The van der Waals surface area contributed by atoms with E-state index >= 15 is 0 Å². The number of azo groups is 1. The number of hydrogen-bond acceptors (Lipinski definition) is 5. The van der Waals surface area contributed by atoms with Gasteiger partial charge in [-0.05, 0) is 37.7 Å². The maximum atomic E-state index is 12.6. The Morgan fingerprint density at radius 3 is 2.24 bits per heavy atom.